The number of fused-ring (bicyclic) bond motifs is 1. The van der Waals surface area contributed by atoms with Gasteiger partial charge in [0.15, 0.2) is 6.17 Å². The van der Waals surface area contributed by atoms with E-state index in [2.05, 4.69) is 24.2 Å². The summed E-state index contributed by atoms with van der Waals surface area (Å²) in [6, 6.07) is 21.5. The molecule has 7 nitrogen and oxygen atoms in total. The summed E-state index contributed by atoms with van der Waals surface area (Å²) < 4.78 is 11.5. The number of carbonyl (C=O) groups excluding carboxylic acids is 2. The highest BCUT2D eigenvalue weighted by molar-refractivity contribution is 6.04. The lowest BCUT2D eigenvalue weighted by atomic mass is 10.0. The summed E-state index contributed by atoms with van der Waals surface area (Å²) in [5, 5.41) is 4.68. The highest BCUT2D eigenvalue weighted by Crippen LogP contribution is 2.36. The predicted molar refractivity (Wildman–Crippen MR) is 135 cm³/mol. The van der Waals surface area contributed by atoms with Crippen molar-refractivity contribution in [2.45, 2.75) is 25.9 Å². The maximum atomic E-state index is 13.5. The highest BCUT2D eigenvalue weighted by Gasteiger charge is 2.35. The molecule has 0 radical (unpaired) electrons. The monoisotopic (exact) mass is 471 g/mol. The zero-order chi connectivity index (χ0) is 24.6. The molecular weight excluding hydrogens is 442 g/mol. The summed E-state index contributed by atoms with van der Waals surface area (Å²) in [4.78, 5) is 26.6. The number of benzene rings is 3. The second-order valence-electron chi connectivity index (χ2n) is 8.07. The normalized spacial score (nSPS) is 14.5. The van der Waals surface area contributed by atoms with Crippen molar-refractivity contribution < 1.29 is 19.1 Å². The maximum absolute atomic E-state index is 13.5. The van der Waals surface area contributed by atoms with Crippen molar-refractivity contribution in [1.29, 1.82) is 0 Å². The number of ether oxygens (including phenoxy) is 2. The van der Waals surface area contributed by atoms with Crippen LogP contribution in [0.1, 0.15) is 52.2 Å². The minimum Gasteiger partial charge on any atom is -0.494 e. The van der Waals surface area contributed by atoms with E-state index in [1.54, 1.807) is 42.5 Å². The topological polar surface area (TPSA) is 79.9 Å². The van der Waals surface area contributed by atoms with Crippen LogP contribution in [-0.2, 0) is 0 Å². The molecule has 2 N–H and O–H groups in total. The van der Waals surface area contributed by atoms with E-state index in [0.717, 1.165) is 12.8 Å². The van der Waals surface area contributed by atoms with Crippen LogP contribution in [0.15, 0.2) is 85.5 Å². The van der Waals surface area contributed by atoms with Gasteiger partial charge in [-0.25, -0.2) is 5.01 Å². The second kappa shape index (κ2) is 11.2. The number of hydrogen-bond acceptors (Lipinski definition) is 5. The fourth-order valence-electron chi connectivity index (χ4n) is 3.78. The first-order valence-corrected chi connectivity index (χ1v) is 11.7. The van der Waals surface area contributed by atoms with Crippen LogP contribution in [-0.4, -0.2) is 30.0 Å². The first kappa shape index (κ1) is 23.9. The van der Waals surface area contributed by atoms with E-state index in [0.29, 0.717) is 47.1 Å². The Hall–Kier alpha value is -4.26. The van der Waals surface area contributed by atoms with Crippen molar-refractivity contribution in [3.05, 3.63) is 102 Å². The van der Waals surface area contributed by atoms with E-state index in [1.165, 1.54) is 5.01 Å². The average molecular weight is 472 g/mol. The Morgan fingerprint density at radius 1 is 1.06 bits per heavy atom. The summed E-state index contributed by atoms with van der Waals surface area (Å²) >= 11 is 0. The van der Waals surface area contributed by atoms with Gasteiger partial charge in [-0.2, -0.15) is 0 Å². The van der Waals surface area contributed by atoms with Crippen molar-refractivity contribution in [1.82, 2.24) is 10.4 Å². The molecule has 0 bridgehead atoms. The molecule has 0 fully saturated rings. The third-order valence-corrected chi connectivity index (χ3v) is 5.60. The fourth-order valence-corrected chi connectivity index (χ4v) is 3.78. The zero-order valence-electron chi connectivity index (χ0n) is 19.7. The van der Waals surface area contributed by atoms with E-state index < -0.39 is 12.1 Å². The summed E-state index contributed by atoms with van der Waals surface area (Å²) in [6.07, 6.45) is 2.98. The first-order chi connectivity index (χ1) is 17.1. The molecule has 0 saturated heterocycles. The van der Waals surface area contributed by atoms with E-state index in [1.807, 2.05) is 36.4 Å². The van der Waals surface area contributed by atoms with Crippen molar-refractivity contribution >= 4 is 17.5 Å². The van der Waals surface area contributed by atoms with Crippen LogP contribution >= 0.6 is 0 Å². The van der Waals surface area contributed by atoms with Crippen LogP contribution in [0.5, 0.6) is 11.5 Å². The molecule has 1 aliphatic rings. The van der Waals surface area contributed by atoms with Crippen LogP contribution in [0.2, 0.25) is 0 Å². The maximum Gasteiger partial charge on any atom is 0.276 e. The molecule has 1 aliphatic heterocycles. The summed E-state index contributed by atoms with van der Waals surface area (Å²) in [5.74, 6) is 0.556. The third-order valence-electron chi connectivity index (χ3n) is 5.60. The molecule has 0 aromatic heterocycles. The molecule has 0 aliphatic carbocycles. The predicted octanol–water partition coefficient (Wildman–Crippen LogP) is 5.34. The summed E-state index contributed by atoms with van der Waals surface area (Å²) in [7, 11) is 0. The van der Waals surface area contributed by atoms with Crippen molar-refractivity contribution in [2.75, 3.05) is 18.5 Å². The molecule has 2 amide bonds. The van der Waals surface area contributed by atoms with Gasteiger partial charge < -0.3 is 14.8 Å². The van der Waals surface area contributed by atoms with E-state index in [9.17, 15) is 9.59 Å². The van der Waals surface area contributed by atoms with Gasteiger partial charge in [-0.05, 0) is 48.9 Å². The molecule has 1 atom stereocenters. The molecule has 0 saturated carbocycles. The minimum absolute atomic E-state index is 0.313. The molecule has 3 aromatic carbocycles. The molecule has 4 rings (SSSR count). The van der Waals surface area contributed by atoms with Crippen LogP contribution in [0.25, 0.3) is 0 Å². The number of anilines is 1. The SMILES string of the molecule is C=CCOc1ccccc1C1Nc2ccccc2C(=O)N1NC(=O)c1ccc(OCCCC)cc1. The largest absolute Gasteiger partial charge is 0.494 e. The Morgan fingerprint density at radius 2 is 1.80 bits per heavy atom. The van der Waals surface area contributed by atoms with Gasteiger partial charge in [0, 0.05) is 16.8 Å². The van der Waals surface area contributed by atoms with Crippen LogP contribution in [0, 0.1) is 0 Å². The minimum atomic E-state index is -0.681. The van der Waals surface area contributed by atoms with Crippen molar-refractivity contribution in [3.8, 4) is 11.5 Å². The molecular formula is C28H29N3O4. The van der Waals surface area contributed by atoms with Gasteiger partial charge in [-0.3, -0.25) is 15.0 Å². The van der Waals surface area contributed by atoms with Gasteiger partial charge >= 0.3 is 0 Å². The fraction of sp³-hybridized carbons (Fsp3) is 0.214. The van der Waals surface area contributed by atoms with E-state index in [-0.39, 0.29) is 5.91 Å². The van der Waals surface area contributed by atoms with Gasteiger partial charge in [0.05, 0.1) is 12.2 Å². The Bertz CT molecular complexity index is 1190. The number of amides is 2. The second-order valence-corrected chi connectivity index (χ2v) is 8.07. The van der Waals surface area contributed by atoms with Crippen molar-refractivity contribution in [3.63, 3.8) is 0 Å². The smallest absolute Gasteiger partial charge is 0.276 e. The zero-order valence-corrected chi connectivity index (χ0v) is 19.7. The number of carbonyl (C=O) groups is 2. The summed E-state index contributed by atoms with van der Waals surface area (Å²) in [6.45, 7) is 6.75. The van der Waals surface area contributed by atoms with Crippen LogP contribution in [0.3, 0.4) is 0 Å². The van der Waals surface area contributed by atoms with Crippen LogP contribution in [0.4, 0.5) is 5.69 Å². The number of hydrazine groups is 1. The molecule has 3 aromatic rings. The first-order valence-electron chi connectivity index (χ1n) is 11.7. The Labute approximate surface area is 205 Å². The summed E-state index contributed by atoms with van der Waals surface area (Å²) in [5.41, 5.74) is 5.06. The molecule has 180 valence electrons. The lowest BCUT2D eigenvalue weighted by Crippen LogP contribution is -2.53. The number of hydrogen-bond donors (Lipinski definition) is 2. The van der Waals surface area contributed by atoms with Crippen molar-refractivity contribution in [2.24, 2.45) is 0 Å². The number of rotatable bonds is 10. The highest BCUT2D eigenvalue weighted by atomic mass is 16.5. The molecule has 35 heavy (non-hydrogen) atoms. The Kier molecular flexibility index (Phi) is 7.67. The molecule has 0 spiro atoms. The molecule has 1 unspecified atom stereocenters. The molecule has 7 heteroatoms. The third kappa shape index (κ3) is 5.46. The lowest BCUT2D eigenvalue weighted by Gasteiger charge is -2.38. The van der Waals surface area contributed by atoms with Gasteiger partial charge in [0.2, 0.25) is 0 Å². The lowest BCUT2D eigenvalue weighted by molar-refractivity contribution is 0.0488. The van der Waals surface area contributed by atoms with Gasteiger partial charge in [-0.15, -0.1) is 0 Å². The number of unbranched alkanes of at least 4 members (excludes halogenated alkanes) is 1. The van der Waals surface area contributed by atoms with E-state index >= 15 is 0 Å². The Balaban J connectivity index is 1.61. The number of nitrogens with one attached hydrogen (secondary N) is 2. The standard InChI is InChI=1S/C28H29N3O4/c1-3-5-19-34-21-16-14-20(15-17-21)27(32)30-31-26(23-11-7-9-13-25(23)35-18-4-2)29-24-12-8-6-10-22(24)28(31)33/h4,6-17,26,29H,2-3,5,18-19H2,1H3,(H,30,32). The average Bonchev–Trinajstić information content (AvgIpc) is 2.89. The quantitative estimate of drug-likeness (QED) is 0.308. The van der Waals surface area contributed by atoms with Gasteiger partial charge in [-0.1, -0.05) is 56.3 Å². The van der Waals surface area contributed by atoms with E-state index in [4.69, 9.17) is 9.47 Å². The van der Waals surface area contributed by atoms with Crippen LogP contribution < -0.4 is 20.2 Å². The Morgan fingerprint density at radius 3 is 2.57 bits per heavy atom. The molecule has 1 heterocycles. The van der Waals surface area contributed by atoms with Gasteiger partial charge in [0.1, 0.15) is 18.1 Å². The number of nitrogens with zero attached hydrogens (tertiary/aromatic N) is 1. The van der Waals surface area contributed by atoms with Gasteiger partial charge in [0.25, 0.3) is 11.8 Å². The number of para-hydroxylation sites is 2.